The molecule has 0 aliphatic carbocycles. The van der Waals surface area contributed by atoms with Gasteiger partial charge in [-0.25, -0.2) is 0 Å². The van der Waals surface area contributed by atoms with E-state index in [0.717, 1.165) is 0 Å². The number of esters is 2. The van der Waals surface area contributed by atoms with Crippen LogP contribution in [0.4, 0.5) is 13.2 Å². The van der Waals surface area contributed by atoms with Crippen LogP contribution < -0.4 is 0 Å². The predicted octanol–water partition coefficient (Wildman–Crippen LogP) is -0.0493. The number of carbonyl (C=O) groups excluding carboxylic acids is 2. The molecule has 0 N–H and O–H groups in total. The number of halogens is 3. The summed E-state index contributed by atoms with van der Waals surface area (Å²) in [6.45, 7) is -1.67. The molecule has 0 spiro atoms. The second kappa shape index (κ2) is 5.26. The Labute approximate surface area is 89.1 Å². The van der Waals surface area contributed by atoms with Crippen molar-refractivity contribution in [1.29, 1.82) is 0 Å². The fourth-order valence-corrected chi connectivity index (χ4v) is 1.15. The molecule has 0 unspecified atom stereocenters. The van der Waals surface area contributed by atoms with Gasteiger partial charge >= 0.3 is 18.1 Å². The van der Waals surface area contributed by atoms with Crippen molar-refractivity contribution in [2.24, 2.45) is 0 Å². The average molecular weight is 241 g/mol. The Balaban J connectivity index is 2.18. The monoisotopic (exact) mass is 241 g/mol. The lowest BCUT2D eigenvalue weighted by Gasteiger charge is -2.23. The molecular formula is C8H10F3NO4. The number of rotatable bonds is 4. The molecule has 1 aliphatic rings. The summed E-state index contributed by atoms with van der Waals surface area (Å²) in [5.41, 5.74) is 0. The molecule has 1 rings (SSSR count). The standard InChI is InChI=1S/C8H10F3NO4/c9-8(10,11)5-15-2-1-12-3-6(13)16-7(14)4-12/h1-5H2. The van der Waals surface area contributed by atoms with Gasteiger partial charge in [-0.2, -0.15) is 13.2 Å². The number of hydrogen-bond acceptors (Lipinski definition) is 5. The topological polar surface area (TPSA) is 55.8 Å². The molecule has 0 atom stereocenters. The van der Waals surface area contributed by atoms with Crippen molar-refractivity contribution >= 4 is 11.9 Å². The molecule has 5 nitrogen and oxygen atoms in total. The van der Waals surface area contributed by atoms with E-state index < -0.39 is 24.7 Å². The van der Waals surface area contributed by atoms with Crippen molar-refractivity contribution in [2.45, 2.75) is 6.18 Å². The summed E-state index contributed by atoms with van der Waals surface area (Å²) in [6.07, 6.45) is -4.36. The highest BCUT2D eigenvalue weighted by Gasteiger charge is 2.28. The molecule has 0 amide bonds. The lowest BCUT2D eigenvalue weighted by molar-refractivity contribution is -0.177. The molecule has 1 saturated heterocycles. The van der Waals surface area contributed by atoms with E-state index >= 15 is 0 Å². The second-order valence-electron chi connectivity index (χ2n) is 3.22. The first-order chi connectivity index (χ1) is 7.37. The van der Waals surface area contributed by atoms with Gasteiger partial charge in [-0.15, -0.1) is 0 Å². The lowest BCUT2D eigenvalue weighted by atomic mass is 10.4. The van der Waals surface area contributed by atoms with Gasteiger partial charge in [0.2, 0.25) is 0 Å². The van der Waals surface area contributed by atoms with Crippen LogP contribution in [0.15, 0.2) is 0 Å². The quantitative estimate of drug-likeness (QED) is 0.392. The van der Waals surface area contributed by atoms with Crippen LogP contribution in [0.5, 0.6) is 0 Å². The molecular weight excluding hydrogens is 231 g/mol. The van der Waals surface area contributed by atoms with Gasteiger partial charge in [0.15, 0.2) is 0 Å². The van der Waals surface area contributed by atoms with E-state index in [0.29, 0.717) is 0 Å². The number of nitrogens with zero attached hydrogens (tertiary/aromatic N) is 1. The van der Waals surface area contributed by atoms with Crippen LogP contribution in [0.3, 0.4) is 0 Å². The third kappa shape index (κ3) is 5.08. The smallest absolute Gasteiger partial charge is 0.391 e. The molecule has 0 aromatic heterocycles. The van der Waals surface area contributed by atoms with Crippen molar-refractivity contribution in [2.75, 3.05) is 32.8 Å². The van der Waals surface area contributed by atoms with Crippen molar-refractivity contribution in [3.8, 4) is 0 Å². The van der Waals surface area contributed by atoms with Crippen LogP contribution in [-0.4, -0.2) is 55.9 Å². The van der Waals surface area contributed by atoms with Crippen molar-refractivity contribution in [3.63, 3.8) is 0 Å². The Bertz CT molecular complexity index is 263. The van der Waals surface area contributed by atoms with E-state index in [1.807, 2.05) is 0 Å². The van der Waals surface area contributed by atoms with Crippen LogP contribution in [0.2, 0.25) is 0 Å². The van der Waals surface area contributed by atoms with E-state index in [-0.39, 0.29) is 26.2 Å². The highest BCUT2D eigenvalue weighted by atomic mass is 19.4. The van der Waals surface area contributed by atoms with Gasteiger partial charge < -0.3 is 9.47 Å². The molecule has 92 valence electrons. The Morgan fingerprint density at radius 3 is 2.31 bits per heavy atom. The molecule has 1 aliphatic heterocycles. The number of cyclic esters (lactones) is 2. The summed E-state index contributed by atoms with van der Waals surface area (Å²) in [5, 5.41) is 0. The molecule has 0 aromatic carbocycles. The van der Waals surface area contributed by atoms with Gasteiger partial charge in [-0.3, -0.25) is 14.5 Å². The summed E-state index contributed by atoms with van der Waals surface area (Å²) in [6, 6.07) is 0. The third-order valence-corrected chi connectivity index (χ3v) is 1.75. The Morgan fingerprint density at radius 2 is 1.81 bits per heavy atom. The minimum atomic E-state index is -4.36. The Kier molecular flexibility index (Phi) is 4.25. The SMILES string of the molecule is O=C1CN(CCOCC(F)(F)F)CC(=O)O1. The van der Waals surface area contributed by atoms with Gasteiger partial charge in [-0.05, 0) is 0 Å². The van der Waals surface area contributed by atoms with Gasteiger partial charge in [0.1, 0.15) is 6.61 Å². The molecule has 1 heterocycles. The number of hydrogen-bond donors (Lipinski definition) is 0. The molecule has 16 heavy (non-hydrogen) atoms. The number of alkyl halides is 3. The summed E-state index contributed by atoms with van der Waals surface area (Å²) in [5.74, 6) is -1.40. The zero-order valence-corrected chi connectivity index (χ0v) is 8.25. The number of ether oxygens (including phenoxy) is 2. The van der Waals surface area contributed by atoms with Crippen molar-refractivity contribution in [3.05, 3.63) is 0 Å². The Hall–Kier alpha value is -1.15. The van der Waals surface area contributed by atoms with Crippen LogP contribution in [0.25, 0.3) is 0 Å². The van der Waals surface area contributed by atoms with Crippen LogP contribution in [0, 0.1) is 0 Å². The highest BCUT2D eigenvalue weighted by molar-refractivity contribution is 5.90. The van der Waals surface area contributed by atoms with E-state index in [1.165, 1.54) is 4.90 Å². The zero-order valence-electron chi connectivity index (χ0n) is 8.25. The molecule has 0 aromatic rings. The lowest BCUT2D eigenvalue weighted by Crippen LogP contribution is -2.44. The summed E-state index contributed by atoms with van der Waals surface area (Å²) in [7, 11) is 0. The van der Waals surface area contributed by atoms with Gasteiger partial charge in [-0.1, -0.05) is 0 Å². The third-order valence-electron chi connectivity index (χ3n) is 1.75. The Morgan fingerprint density at radius 1 is 1.25 bits per heavy atom. The highest BCUT2D eigenvalue weighted by Crippen LogP contribution is 2.14. The average Bonchev–Trinajstić information content (AvgIpc) is 2.09. The fraction of sp³-hybridized carbons (Fsp3) is 0.750. The molecule has 0 saturated carbocycles. The number of morpholine rings is 1. The van der Waals surface area contributed by atoms with E-state index in [9.17, 15) is 22.8 Å². The van der Waals surface area contributed by atoms with Crippen LogP contribution in [-0.2, 0) is 19.1 Å². The predicted molar refractivity (Wildman–Crippen MR) is 44.4 cm³/mol. The summed E-state index contributed by atoms with van der Waals surface area (Å²) < 4.78 is 43.6. The molecule has 1 fully saturated rings. The maximum Gasteiger partial charge on any atom is 0.411 e. The van der Waals surface area contributed by atoms with Gasteiger partial charge in [0.05, 0.1) is 19.7 Å². The molecule has 0 radical (unpaired) electrons. The maximum atomic E-state index is 11.7. The fourth-order valence-electron chi connectivity index (χ4n) is 1.15. The number of carbonyl (C=O) groups is 2. The normalized spacial score (nSPS) is 18.7. The molecule has 8 heteroatoms. The minimum Gasteiger partial charge on any atom is -0.391 e. The molecule has 0 bridgehead atoms. The van der Waals surface area contributed by atoms with Crippen molar-refractivity contribution < 1.29 is 32.2 Å². The van der Waals surface area contributed by atoms with E-state index in [2.05, 4.69) is 9.47 Å². The van der Waals surface area contributed by atoms with Crippen molar-refractivity contribution in [1.82, 2.24) is 4.90 Å². The zero-order chi connectivity index (χ0) is 12.2. The first-order valence-corrected chi connectivity index (χ1v) is 4.47. The van der Waals surface area contributed by atoms with Gasteiger partial charge in [0, 0.05) is 6.54 Å². The first-order valence-electron chi connectivity index (χ1n) is 4.47. The minimum absolute atomic E-state index is 0.0803. The maximum absolute atomic E-state index is 11.7. The second-order valence-corrected chi connectivity index (χ2v) is 3.22. The first kappa shape index (κ1) is 12.9. The van der Waals surface area contributed by atoms with E-state index in [1.54, 1.807) is 0 Å². The van der Waals surface area contributed by atoms with Crippen LogP contribution >= 0.6 is 0 Å². The largest absolute Gasteiger partial charge is 0.411 e. The summed E-state index contributed by atoms with van der Waals surface area (Å²) >= 11 is 0. The summed E-state index contributed by atoms with van der Waals surface area (Å²) in [4.78, 5) is 22.9. The van der Waals surface area contributed by atoms with Crippen LogP contribution in [0.1, 0.15) is 0 Å². The van der Waals surface area contributed by atoms with E-state index in [4.69, 9.17) is 0 Å². The van der Waals surface area contributed by atoms with Gasteiger partial charge in [0.25, 0.3) is 0 Å².